The van der Waals surface area contributed by atoms with Crippen molar-refractivity contribution in [1.82, 2.24) is 24.8 Å². The summed E-state index contributed by atoms with van der Waals surface area (Å²) in [5.41, 5.74) is 5.22. The molecule has 2 aliphatic heterocycles. The van der Waals surface area contributed by atoms with E-state index in [2.05, 4.69) is 44.1 Å². The monoisotopic (exact) mass is 468 g/mol. The number of aromatic amines is 1. The highest BCUT2D eigenvalue weighted by molar-refractivity contribution is 5.82. The number of carbonyl (C=O) groups excluding carboxylic acids is 1. The van der Waals surface area contributed by atoms with E-state index in [-0.39, 0.29) is 6.03 Å². The summed E-state index contributed by atoms with van der Waals surface area (Å²) in [6.07, 6.45) is 1.81. The predicted molar refractivity (Wildman–Crippen MR) is 136 cm³/mol. The number of hydrogen-bond acceptors (Lipinski definition) is 5. The molecule has 1 fully saturated rings. The van der Waals surface area contributed by atoms with Gasteiger partial charge in [0, 0.05) is 37.9 Å². The molecule has 4 aromatic rings. The molecule has 178 valence electrons. The molecule has 6 rings (SSSR count). The molecule has 0 atom stereocenters. The van der Waals surface area contributed by atoms with Gasteiger partial charge in [0.05, 0.1) is 24.1 Å². The Morgan fingerprint density at radius 2 is 1.77 bits per heavy atom. The van der Waals surface area contributed by atoms with Crippen molar-refractivity contribution < 1.29 is 9.53 Å². The molecule has 0 spiro atoms. The highest BCUT2D eigenvalue weighted by Gasteiger charge is 2.28. The second-order valence-corrected chi connectivity index (χ2v) is 9.09. The molecule has 1 saturated heterocycles. The molecule has 35 heavy (non-hydrogen) atoms. The molecule has 0 bridgehead atoms. The molecular formula is C27H28N6O2. The topological polar surface area (TPSA) is 77.6 Å². The molecule has 2 aliphatic rings. The molecule has 0 unspecified atom stereocenters. The minimum absolute atomic E-state index is 0.0712. The number of imidazole rings is 1. The van der Waals surface area contributed by atoms with Crippen LogP contribution in [0, 0.1) is 6.92 Å². The normalized spacial score (nSPS) is 16.1. The van der Waals surface area contributed by atoms with Crippen molar-refractivity contribution >= 4 is 22.9 Å². The highest BCUT2D eigenvalue weighted by Crippen LogP contribution is 2.31. The predicted octanol–water partition coefficient (Wildman–Crippen LogP) is 4.07. The average molecular weight is 469 g/mol. The first-order valence-electron chi connectivity index (χ1n) is 12.1. The van der Waals surface area contributed by atoms with Gasteiger partial charge in [-0.25, -0.2) is 14.8 Å². The molecule has 0 radical (unpaired) electrons. The third-order valence-electron chi connectivity index (χ3n) is 6.77. The summed E-state index contributed by atoms with van der Waals surface area (Å²) in [5.74, 6) is 2.72. The van der Waals surface area contributed by atoms with Crippen LogP contribution in [0.2, 0.25) is 0 Å². The molecule has 1 N–H and O–H groups in total. The van der Waals surface area contributed by atoms with Crippen LogP contribution >= 0.6 is 0 Å². The van der Waals surface area contributed by atoms with Crippen LogP contribution in [0.4, 0.5) is 10.6 Å². The SMILES string of the molecule is Cc1nc2ccc(-c3ccc4c(c3)CN(C(=O)N3CCN(c5ccccn5)CC3)CCO4)cc2[nH]1. The van der Waals surface area contributed by atoms with E-state index in [1.165, 1.54) is 0 Å². The maximum atomic E-state index is 13.4. The number of H-pyrrole nitrogens is 1. The second kappa shape index (κ2) is 8.94. The number of urea groups is 1. The molecular weight excluding hydrogens is 440 g/mol. The number of nitrogens with zero attached hydrogens (tertiary/aromatic N) is 5. The summed E-state index contributed by atoms with van der Waals surface area (Å²) in [6, 6.07) is 18.5. The Kier molecular flexibility index (Phi) is 5.48. The van der Waals surface area contributed by atoms with E-state index < -0.39 is 0 Å². The van der Waals surface area contributed by atoms with Gasteiger partial charge in [0.2, 0.25) is 0 Å². The van der Waals surface area contributed by atoms with Crippen molar-refractivity contribution in [1.29, 1.82) is 0 Å². The standard InChI is InChI=1S/C27H28N6O2/c1-19-29-23-7-5-21(17-24(23)30-19)20-6-8-25-22(16-20)18-33(14-15-35-25)27(34)32-12-10-31(11-13-32)26-4-2-3-9-28-26/h2-9,16-17H,10-15,18H2,1H3,(H,29,30). The molecule has 2 aromatic carbocycles. The number of nitrogens with one attached hydrogen (secondary N) is 1. The first-order chi connectivity index (χ1) is 17.1. The zero-order valence-electron chi connectivity index (χ0n) is 19.8. The number of fused-ring (bicyclic) bond motifs is 2. The molecule has 0 aliphatic carbocycles. The van der Waals surface area contributed by atoms with Gasteiger partial charge >= 0.3 is 6.03 Å². The number of aryl methyl sites for hydroxylation is 1. The summed E-state index contributed by atoms with van der Waals surface area (Å²) >= 11 is 0. The number of anilines is 1. The smallest absolute Gasteiger partial charge is 0.320 e. The fraction of sp³-hybridized carbons (Fsp3) is 0.296. The first-order valence-corrected chi connectivity index (χ1v) is 12.1. The average Bonchev–Trinajstić information content (AvgIpc) is 3.14. The van der Waals surface area contributed by atoms with Crippen LogP contribution in [0.5, 0.6) is 5.75 Å². The summed E-state index contributed by atoms with van der Waals surface area (Å²) in [7, 11) is 0. The van der Waals surface area contributed by atoms with E-state index in [0.717, 1.165) is 58.2 Å². The summed E-state index contributed by atoms with van der Waals surface area (Å²) in [6.45, 7) is 6.49. The van der Waals surface area contributed by atoms with Crippen molar-refractivity contribution in [3.8, 4) is 16.9 Å². The van der Waals surface area contributed by atoms with Crippen LogP contribution < -0.4 is 9.64 Å². The van der Waals surface area contributed by atoms with Crippen molar-refractivity contribution in [3.05, 3.63) is 72.2 Å². The quantitative estimate of drug-likeness (QED) is 0.480. The van der Waals surface area contributed by atoms with E-state index in [0.29, 0.717) is 32.8 Å². The van der Waals surface area contributed by atoms with E-state index in [1.807, 2.05) is 53.3 Å². The molecule has 8 nitrogen and oxygen atoms in total. The maximum absolute atomic E-state index is 13.4. The van der Waals surface area contributed by atoms with Crippen LogP contribution in [0.25, 0.3) is 22.2 Å². The van der Waals surface area contributed by atoms with Gasteiger partial charge in [-0.2, -0.15) is 0 Å². The molecule has 4 heterocycles. The fourth-order valence-electron chi connectivity index (χ4n) is 4.92. The third-order valence-corrected chi connectivity index (χ3v) is 6.77. The van der Waals surface area contributed by atoms with Crippen LogP contribution in [-0.4, -0.2) is 70.1 Å². The van der Waals surface area contributed by atoms with E-state index in [1.54, 1.807) is 0 Å². The lowest BCUT2D eigenvalue weighted by molar-refractivity contribution is 0.143. The van der Waals surface area contributed by atoms with E-state index >= 15 is 0 Å². The lowest BCUT2D eigenvalue weighted by Gasteiger charge is -2.37. The zero-order valence-corrected chi connectivity index (χ0v) is 19.8. The van der Waals surface area contributed by atoms with Crippen LogP contribution in [0.3, 0.4) is 0 Å². The number of benzene rings is 2. The number of hydrogen-bond donors (Lipinski definition) is 1. The number of piperazine rings is 1. The van der Waals surface area contributed by atoms with Gasteiger partial charge in [-0.1, -0.05) is 18.2 Å². The maximum Gasteiger partial charge on any atom is 0.320 e. The minimum Gasteiger partial charge on any atom is -0.491 e. The lowest BCUT2D eigenvalue weighted by atomic mass is 10.0. The van der Waals surface area contributed by atoms with Crippen LogP contribution in [-0.2, 0) is 6.54 Å². The van der Waals surface area contributed by atoms with Gasteiger partial charge in [0.25, 0.3) is 0 Å². The number of carbonyl (C=O) groups is 1. The Balaban J connectivity index is 1.18. The Morgan fingerprint density at radius 3 is 2.60 bits per heavy atom. The van der Waals surface area contributed by atoms with Crippen molar-refractivity contribution in [2.24, 2.45) is 0 Å². The fourth-order valence-corrected chi connectivity index (χ4v) is 4.92. The summed E-state index contributed by atoms with van der Waals surface area (Å²) < 4.78 is 6.01. The van der Waals surface area contributed by atoms with Crippen molar-refractivity contribution in [2.45, 2.75) is 13.5 Å². The third kappa shape index (κ3) is 4.27. The number of amides is 2. The van der Waals surface area contributed by atoms with Gasteiger partial charge < -0.3 is 24.4 Å². The van der Waals surface area contributed by atoms with E-state index in [4.69, 9.17) is 4.74 Å². The summed E-state index contributed by atoms with van der Waals surface area (Å²) in [4.78, 5) is 31.7. The molecule has 2 aromatic heterocycles. The summed E-state index contributed by atoms with van der Waals surface area (Å²) in [5, 5.41) is 0. The second-order valence-electron chi connectivity index (χ2n) is 9.09. The largest absolute Gasteiger partial charge is 0.491 e. The minimum atomic E-state index is 0.0712. The van der Waals surface area contributed by atoms with Crippen molar-refractivity contribution in [2.75, 3.05) is 44.2 Å². The number of ether oxygens (including phenoxy) is 1. The zero-order chi connectivity index (χ0) is 23.8. The number of rotatable bonds is 2. The number of pyridine rings is 1. The molecule has 2 amide bonds. The highest BCUT2D eigenvalue weighted by atomic mass is 16.5. The molecule has 8 heteroatoms. The van der Waals surface area contributed by atoms with Gasteiger partial charge in [0.1, 0.15) is 24.0 Å². The number of aromatic nitrogens is 3. The van der Waals surface area contributed by atoms with E-state index in [9.17, 15) is 4.79 Å². The molecule has 0 saturated carbocycles. The van der Waals surface area contributed by atoms with Gasteiger partial charge in [-0.3, -0.25) is 0 Å². The van der Waals surface area contributed by atoms with Crippen LogP contribution in [0.15, 0.2) is 60.8 Å². The van der Waals surface area contributed by atoms with Gasteiger partial charge in [-0.05, 0) is 54.4 Å². The lowest BCUT2D eigenvalue weighted by Crippen LogP contribution is -2.53. The van der Waals surface area contributed by atoms with Gasteiger partial charge in [-0.15, -0.1) is 0 Å². The van der Waals surface area contributed by atoms with Gasteiger partial charge in [0.15, 0.2) is 0 Å². The Hall–Kier alpha value is -4.07. The first kappa shape index (κ1) is 21.5. The van der Waals surface area contributed by atoms with Crippen molar-refractivity contribution in [3.63, 3.8) is 0 Å². The van der Waals surface area contributed by atoms with Crippen LogP contribution in [0.1, 0.15) is 11.4 Å². The Labute approximate surface area is 204 Å². The Bertz CT molecular complexity index is 1360. The Morgan fingerprint density at radius 1 is 0.943 bits per heavy atom.